The van der Waals surface area contributed by atoms with Gasteiger partial charge in [-0.25, -0.2) is 4.98 Å². The molecule has 7 nitrogen and oxygen atoms in total. The van der Waals surface area contributed by atoms with Crippen LogP contribution in [0.2, 0.25) is 0 Å². The molecule has 1 N–H and O–H groups in total. The Morgan fingerprint density at radius 2 is 2.25 bits per heavy atom. The van der Waals surface area contributed by atoms with Crippen molar-refractivity contribution >= 4 is 33.4 Å². The van der Waals surface area contributed by atoms with Crippen molar-refractivity contribution in [2.24, 2.45) is 0 Å². The zero-order valence-corrected chi connectivity index (χ0v) is 11.6. The Morgan fingerprint density at radius 3 is 2.95 bits per heavy atom. The third-order valence-corrected chi connectivity index (χ3v) is 3.66. The number of fused-ring (bicyclic) bond motifs is 1. The smallest absolute Gasteiger partial charge is 0.305 e. The number of likely N-dealkylation sites (N-methyl/N-ethyl adjacent to an activating group) is 1. The van der Waals surface area contributed by atoms with Crippen LogP contribution in [0.4, 0.5) is 0 Å². The number of carboxylic acid groups (broad SMARTS) is 1. The molecular formula is C12H13N3O4S. The molecular weight excluding hydrogens is 282 g/mol. The zero-order chi connectivity index (χ0) is 14.7. The number of carboxylic acids is 1. The molecule has 0 spiro atoms. The molecule has 0 radical (unpaired) electrons. The number of nitrogens with zero attached hydrogens (tertiary/aromatic N) is 3. The average molecular weight is 295 g/mol. The maximum Gasteiger partial charge on any atom is 0.305 e. The fourth-order valence-corrected chi connectivity index (χ4v) is 2.38. The summed E-state index contributed by atoms with van der Waals surface area (Å²) in [7, 11) is 1.51. The fourth-order valence-electron chi connectivity index (χ4n) is 1.66. The van der Waals surface area contributed by atoms with Gasteiger partial charge >= 0.3 is 5.97 Å². The maximum absolute atomic E-state index is 12.1. The molecule has 0 aliphatic heterocycles. The van der Waals surface area contributed by atoms with Gasteiger partial charge in [0.2, 0.25) is 5.91 Å². The van der Waals surface area contributed by atoms with Gasteiger partial charge in [0.25, 0.3) is 5.56 Å². The number of carbonyl (C=O) groups excluding carboxylic acids is 1. The van der Waals surface area contributed by atoms with E-state index in [0.717, 1.165) is 0 Å². The summed E-state index contributed by atoms with van der Waals surface area (Å²) in [5, 5.41) is 10.8. The first kappa shape index (κ1) is 14.2. The first-order valence-corrected chi connectivity index (χ1v) is 6.75. The Morgan fingerprint density at radius 1 is 1.50 bits per heavy atom. The molecule has 2 aromatic rings. The predicted molar refractivity (Wildman–Crippen MR) is 73.8 cm³/mol. The summed E-state index contributed by atoms with van der Waals surface area (Å²) in [6.45, 7) is -0.0369. The molecule has 0 fully saturated rings. The van der Waals surface area contributed by atoms with E-state index < -0.39 is 5.97 Å². The van der Waals surface area contributed by atoms with Crippen LogP contribution in [-0.4, -0.2) is 45.0 Å². The summed E-state index contributed by atoms with van der Waals surface area (Å²) in [5.41, 5.74) is -0.267. The number of amides is 1. The molecule has 0 aliphatic rings. The summed E-state index contributed by atoms with van der Waals surface area (Å²) in [6.07, 6.45) is 1.21. The molecule has 0 atom stereocenters. The van der Waals surface area contributed by atoms with Crippen LogP contribution >= 0.6 is 11.3 Å². The van der Waals surface area contributed by atoms with Crippen LogP contribution in [0.15, 0.2) is 22.6 Å². The van der Waals surface area contributed by atoms with E-state index in [0.29, 0.717) is 10.2 Å². The van der Waals surface area contributed by atoms with Gasteiger partial charge in [0.1, 0.15) is 11.4 Å². The molecule has 106 valence electrons. The second-order valence-electron chi connectivity index (χ2n) is 4.28. The van der Waals surface area contributed by atoms with Gasteiger partial charge in [0, 0.05) is 13.6 Å². The molecule has 0 unspecified atom stereocenters. The molecule has 0 aromatic carbocycles. The Hall–Kier alpha value is -2.22. The minimum Gasteiger partial charge on any atom is -0.481 e. The van der Waals surface area contributed by atoms with Gasteiger partial charge in [0.15, 0.2) is 0 Å². The number of rotatable bonds is 5. The van der Waals surface area contributed by atoms with E-state index in [-0.39, 0.29) is 31.0 Å². The third kappa shape index (κ3) is 3.02. The molecule has 2 rings (SSSR count). The average Bonchev–Trinajstić information content (AvgIpc) is 2.88. The molecule has 0 saturated carbocycles. The van der Waals surface area contributed by atoms with Crippen molar-refractivity contribution in [1.29, 1.82) is 0 Å². The topological polar surface area (TPSA) is 92.5 Å². The van der Waals surface area contributed by atoms with Gasteiger partial charge in [-0.1, -0.05) is 0 Å². The quantitative estimate of drug-likeness (QED) is 0.861. The number of aliphatic carboxylic acids is 1. The second kappa shape index (κ2) is 5.83. The van der Waals surface area contributed by atoms with Gasteiger partial charge in [-0.15, -0.1) is 11.3 Å². The van der Waals surface area contributed by atoms with E-state index in [2.05, 4.69) is 4.98 Å². The van der Waals surface area contributed by atoms with Crippen LogP contribution in [0.25, 0.3) is 10.2 Å². The SMILES string of the molecule is CN(CCC(=O)O)C(=O)Cn1cnc2sccc2c1=O. The molecule has 2 aromatic heterocycles. The zero-order valence-electron chi connectivity index (χ0n) is 10.8. The first-order valence-electron chi connectivity index (χ1n) is 5.87. The van der Waals surface area contributed by atoms with Gasteiger partial charge in [-0.05, 0) is 11.4 Å². The number of hydrogen-bond donors (Lipinski definition) is 1. The van der Waals surface area contributed by atoms with Gasteiger partial charge in [-0.2, -0.15) is 0 Å². The Bertz CT molecular complexity index is 706. The van der Waals surface area contributed by atoms with Gasteiger partial charge < -0.3 is 10.0 Å². The largest absolute Gasteiger partial charge is 0.481 e. The number of carbonyl (C=O) groups is 2. The molecule has 0 saturated heterocycles. The minimum atomic E-state index is -0.969. The van der Waals surface area contributed by atoms with Gasteiger partial charge in [0.05, 0.1) is 18.1 Å². The highest BCUT2D eigenvalue weighted by atomic mass is 32.1. The van der Waals surface area contributed by atoms with Gasteiger partial charge in [-0.3, -0.25) is 19.0 Å². The van der Waals surface area contributed by atoms with Crippen molar-refractivity contribution < 1.29 is 14.7 Å². The third-order valence-electron chi connectivity index (χ3n) is 2.84. The van der Waals surface area contributed by atoms with Crippen molar-refractivity contribution in [3.63, 3.8) is 0 Å². The Labute approximate surface area is 118 Å². The van der Waals surface area contributed by atoms with Crippen molar-refractivity contribution in [2.75, 3.05) is 13.6 Å². The summed E-state index contributed by atoms with van der Waals surface area (Å²) in [6, 6.07) is 1.67. The summed E-state index contributed by atoms with van der Waals surface area (Å²) >= 11 is 1.36. The van der Waals surface area contributed by atoms with Crippen LogP contribution in [-0.2, 0) is 16.1 Å². The number of aromatic nitrogens is 2. The maximum atomic E-state index is 12.1. The Balaban J connectivity index is 2.11. The normalized spacial score (nSPS) is 10.7. The predicted octanol–water partition coefficient (Wildman–Crippen LogP) is 0.391. The highest BCUT2D eigenvalue weighted by molar-refractivity contribution is 7.16. The van der Waals surface area contributed by atoms with Crippen LogP contribution in [0.1, 0.15) is 6.42 Å². The van der Waals surface area contributed by atoms with E-state index >= 15 is 0 Å². The second-order valence-corrected chi connectivity index (χ2v) is 5.17. The number of hydrogen-bond acceptors (Lipinski definition) is 5. The fraction of sp³-hybridized carbons (Fsp3) is 0.333. The lowest BCUT2D eigenvalue weighted by molar-refractivity contribution is -0.138. The van der Waals surface area contributed by atoms with Crippen LogP contribution in [0, 0.1) is 0 Å². The standard InChI is InChI=1S/C12H13N3O4S/c1-14(4-2-10(17)18)9(16)6-15-7-13-11-8(12(15)19)3-5-20-11/h3,5,7H,2,4,6H2,1H3,(H,17,18). The van der Waals surface area contributed by atoms with E-state index in [1.54, 1.807) is 11.4 Å². The van der Waals surface area contributed by atoms with Crippen molar-refractivity contribution in [3.05, 3.63) is 28.1 Å². The van der Waals surface area contributed by atoms with Crippen LogP contribution < -0.4 is 5.56 Å². The molecule has 8 heteroatoms. The van der Waals surface area contributed by atoms with Crippen molar-refractivity contribution in [1.82, 2.24) is 14.5 Å². The monoisotopic (exact) mass is 295 g/mol. The van der Waals surface area contributed by atoms with E-state index in [1.807, 2.05) is 0 Å². The Kier molecular flexibility index (Phi) is 4.14. The molecule has 1 amide bonds. The molecule has 20 heavy (non-hydrogen) atoms. The van der Waals surface area contributed by atoms with Crippen LogP contribution in [0.5, 0.6) is 0 Å². The van der Waals surface area contributed by atoms with E-state index in [9.17, 15) is 14.4 Å². The lowest BCUT2D eigenvalue weighted by Crippen LogP contribution is -2.35. The summed E-state index contributed by atoms with van der Waals surface area (Å²) < 4.78 is 1.23. The molecule has 0 aliphatic carbocycles. The first-order chi connectivity index (χ1) is 9.49. The molecule has 0 bridgehead atoms. The van der Waals surface area contributed by atoms with Crippen molar-refractivity contribution in [2.45, 2.75) is 13.0 Å². The number of thiophene rings is 1. The van der Waals surface area contributed by atoms with Crippen LogP contribution in [0.3, 0.4) is 0 Å². The molecule has 2 heterocycles. The lowest BCUT2D eigenvalue weighted by Gasteiger charge is -2.16. The lowest BCUT2D eigenvalue weighted by atomic mass is 10.3. The minimum absolute atomic E-state index is 0.108. The van der Waals surface area contributed by atoms with E-state index in [4.69, 9.17) is 5.11 Å². The highest BCUT2D eigenvalue weighted by Gasteiger charge is 2.13. The highest BCUT2D eigenvalue weighted by Crippen LogP contribution is 2.13. The van der Waals surface area contributed by atoms with E-state index in [1.165, 1.54) is 34.2 Å². The summed E-state index contributed by atoms with van der Waals surface area (Å²) in [5.74, 6) is -1.30. The van der Waals surface area contributed by atoms with Crippen molar-refractivity contribution in [3.8, 4) is 0 Å². The summed E-state index contributed by atoms with van der Waals surface area (Å²) in [4.78, 5) is 40.5.